The summed E-state index contributed by atoms with van der Waals surface area (Å²) in [6, 6.07) is 0. The maximum absolute atomic E-state index is 11.8. The average Bonchev–Trinajstić information content (AvgIpc) is 3.33. The summed E-state index contributed by atoms with van der Waals surface area (Å²) in [5.41, 5.74) is 0.469. The molecule has 0 aliphatic heterocycles. The molecule has 0 amide bonds. The van der Waals surface area contributed by atoms with Crippen LogP contribution in [0.15, 0.2) is 12.2 Å². The van der Waals surface area contributed by atoms with Gasteiger partial charge in [-0.15, -0.1) is 0 Å². The summed E-state index contributed by atoms with van der Waals surface area (Å²) in [6.45, 7) is 9.05. The van der Waals surface area contributed by atoms with Gasteiger partial charge in [0.2, 0.25) is 0 Å². The van der Waals surface area contributed by atoms with Crippen molar-refractivity contribution in [3.63, 3.8) is 0 Å². The first-order valence-corrected chi connectivity index (χ1v) is 13.5. The minimum atomic E-state index is -0.259. The molecule has 2 saturated carbocycles. The highest BCUT2D eigenvalue weighted by molar-refractivity contribution is 5.86. The third-order valence-corrected chi connectivity index (χ3v) is 7.62. The maximum atomic E-state index is 11.8. The molecule has 3 nitrogen and oxygen atoms in total. The number of hydrogen-bond acceptors (Lipinski definition) is 3. The van der Waals surface area contributed by atoms with Crippen LogP contribution in [0.2, 0.25) is 0 Å². The number of carbonyl (C=O) groups is 1. The van der Waals surface area contributed by atoms with E-state index in [0.717, 1.165) is 25.4 Å². The highest BCUT2D eigenvalue weighted by Crippen LogP contribution is 2.53. The molecule has 0 aromatic rings. The maximum Gasteiger partial charge on any atom is 0.333 e. The zero-order valence-electron chi connectivity index (χ0n) is 20.7. The molecule has 31 heavy (non-hydrogen) atoms. The van der Waals surface area contributed by atoms with Crippen molar-refractivity contribution < 1.29 is 14.3 Å². The van der Waals surface area contributed by atoms with E-state index in [1.807, 2.05) is 0 Å². The van der Waals surface area contributed by atoms with Crippen molar-refractivity contribution in [1.29, 1.82) is 0 Å². The second kappa shape index (κ2) is 15.1. The third-order valence-electron chi connectivity index (χ3n) is 7.62. The van der Waals surface area contributed by atoms with Crippen molar-refractivity contribution in [3.05, 3.63) is 12.2 Å². The van der Waals surface area contributed by atoms with Crippen LogP contribution in [0.1, 0.15) is 129 Å². The van der Waals surface area contributed by atoms with Gasteiger partial charge in [0, 0.05) is 18.1 Å². The molecule has 0 heterocycles. The van der Waals surface area contributed by atoms with Crippen LogP contribution in [0, 0.1) is 11.8 Å². The minimum absolute atomic E-state index is 0.0173. The Labute approximate surface area is 192 Å². The van der Waals surface area contributed by atoms with Crippen LogP contribution in [-0.2, 0) is 14.3 Å². The summed E-state index contributed by atoms with van der Waals surface area (Å²) in [4.78, 5) is 11.8. The highest BCUT2D eigenvalue weighted by atomic mass is 16.5. The molecule has 0 radical (unpaired) electrons. The minimum Gasteiger partial charge on any atom is -0.462 e. The summed E-state index contributed by atoms with van der Waals surface area (Å²) < 4.78 is 12.0. The van der Waals surface area contributed by atoms with Crippen molar-refractivity contribution in [2.75, 3.05) is 13.2 Å². The van der Waals surface area contributed by atoms with Crippen molar-refractivity contribution in [1.82, 2.24) is 0 Å². The first-order valence-electron chi connectivity index (χ1n) is 13.5. The lowest BCUT2D eigenvalue weighted by Gasteiger charge is -2.35. The molecule has 2 bridgehead atoms. The fourth-order valence-corrected chi connectivity index (χ4v) is 5.67. The topological polar surface area (TPSA) is 35.5 Å². The summed E-state index contributed by atoms with van der Waals surface area (Å²) in [7, 11) is 0. The normalized spacial score (nSPS) is 24.6. The van der Waals surface area contributed by atoms with E-state index in [1.54, 1.807) is 6.92 Å². The SMILES string of the molecule is C=C(C)C(=O)OCC1CC2CCC1(OCCCCCCCCCCCCCCCC)C2. The molecular weight excluding hydrogens is 384 g/mol. The molecular formula is C28H50O3. The smallest absolute Gasteiger partial charge is 0.333 e. The fraction of sp³-hybridized carbons (Fsp3) is 0.893. The summed E-state index contributed by atoms with van der Waals surface area (Å²) in [5, 5.41) is 0. The van der Waals surface area contributed by atoms with Crippen LogP contribution in [0.4, 0.5) is 0 Å². The van der Waals surface area contributed by atoms with Gasteiger partial charge in [-0.1, -0.05) is 97.0 Å². The van der Waals surface area contributed by atoms with E-state index >= 15 is 0 Å². The zero-order chi connectivity index (χ0) is 22.4. The molecule has 2 aliphatic carbocycles. The van der Waals surface area contributed by atoms with Gasteiger partial charge < -0.3 is 9.47 Å². The van der Waals surface area contributed by atoms with Crippen LogP contribution >= 0.6 is 0 Å². The molecule has 3 heteroatoms. The Kier molecular flexibility index (Phi) is 12.9. The van der Waals surface area contributed by atoms with Gasteiger partial charge in [-0.2, -0.15) is 0 Å². The number of unbranched alkanes of at least 4 members (excludes halogenated alkanes) is 13. The molecule has 3 unspecified atom stereocenters. The Morgan fingerprint density at radius 1 is 0.903 bits per heavy atom. The van der Waals surface area contributed by atoms with E-state index in [1.165, 1.54) is 103 Å². The summed E-state index contributed by atoms with van der Waals surface area (Å²) in [6.07, 6.45) is 24.1. The molecule has 0 aromatic carbocycles. The lowest BCUT2D eigenvalue weighted by molar-refractivity contribution is -0.146. The van der Waals surface area contributed by atoms with E-state index in [4.69, 9.17) is 9.47 Å². The highest BCUT2D eigenvalue weighted by Gasteiger charge is 2.53. The van der Waals surface area contributed by atoms with E-state index in [2.05, 4.69) is 13.5 Å². The monoisotopic (exact) mass is 434 g/mol. The molecule has 2 aliphatic rings. The molecule has 0 spiro atoms. The lowest BCUT2D eigenvalue weighted by Crippen LogP contribution is -2.39. The van der Waals surface area contributed by atoms with E-state index in [9.17, 15) is 4.79 Å². The van der Waals surface area contributed by atoms with Gasteiger partial charge in [0.1, 0.15) is 0 Å². The van der Waals surface area contributed by atoms with Crippen LogP contribution in [0.25, 0.3) is 0 Å². The Morgan fingerprint density at radius 3 is 1.97 bits per heavy atom. The van der Waals surface area contributed by atoms with Gasteiger partial charge in [-0.3, -0.25) is 0 Å². The predicted octanol–water partition coefficient (Wildman–Crippen LogP) is 8.16. The first-order chi connectivity index (χ1) is 15.1. The second-order valence-electron chi connectivity index (χ2n) is 10.4. The number of carbonyl (C=O) groups excluding carboxylic acids is 1. The Hall–Kier alpha value is -0.830. The number of hydrogen-bond donors (Lipinski definition) is 0. The largest absolute Gasteiger partial charge is 0.462 e. The van der Waals surface area contributed by atoms with Gasteiger partial charge in [0.05, 0.1) is 12.2 Å². The average molecular weight is 435 g/mol. The Bertz CT molecular complexity index is 514. The van der Waals surface area contributed by atoms with Crippen molar-refractivity contribution in [2.24, 2.45) is 11.8 Å². The van der Waals surface area contributed by atoms with E-state index in [0.29, 0.717) is 18.1 Å². The van der Waals surface area contributed by atoms with Gasteiger partial charge >= 0.3 is 5.97 Å². The van der Waals surface area contributed by atoms with Gasteiger partial charge in [-0.05, 0) is 44.9 Å². The van der Waals surface area contributed by atoms with Crippen molar-refractivity contribution >= 4 is 5.97 Å². The summed E-state index contributed by atoms with van der Waals surface area (Å²) >= 11 is 0. The van der Waals surface area contributed by atoms with Crippen molar-refractivity contribution in [2.45, 2.75) is 135 Å². The molecule has 180 valence electrons. The van der Waals surface area contributed by atoms with Gasteiger partial charge in [-0.25, -0.2) is 4.79 Å². The number of ether oxygens (including phenoxy) is 2. The third kappa shape index (κ3) is 9.68. The predicted molar refractivity (Wildman–Crippen MR) is 130 cm³/mol. The molecule has 3 atom stereocenters. The first kappa shape index (κ1) is 26.4. The molecule has 2 rings (SSSR count). The Morgan fingerprint density at radius 2 is 1.45 bits per heavy atom. The van der Waals surface area contributed by atoms with Crippen LogP contribution < -0.4 is 0 Å². The van der Waals surface area contributed by atoms with E-state index in [-0.39, 0.29) is 11.6 Å². The number of rotatable bonds is 19. The zero-order valence-corrected chi connectivity index (χ0v) is 20.7. The van der Waals surface area contributed by atoms with Crippen LogP contribution in [0.3, 0.4) is 0 Å². The quantitative estimate of drug-likeness (QED) is 0.117. The fourth-order valence-electron chi connectivity index (χ4n) is 5.67. The lowest BCUT2D eigenvalue weighted by atomic mass is 9.85. The van der Waals surface area contributed by atoms with E-state index < -0.39 is 0 Å². The Balaban J connectivity index is 1.44. The van der Waals surface area contributed by atoms with Crippen LogP contribution in [0.5, 0.6) is 0 Å². The number of fused-ring (bicyclic) bond motifs is 2. The molecule has 0 saturated heterocycles. The van der Waals surface area contributed by atoms with Crippen LogP contribution in [-0.4, -0.2) is 24.8 Å². The molecule has 0 N–H and O–H groups in total. The standard InChI is InChI=1S/C28H50O3/c1-4-5-6-7-8-9-10-11-12-13-14-15-16-17-20-31-28-19-18-25(22-28)21-26(28)23-30-27(29)24(2)3/h25-26H,2,4-23H2,1,3H3. The van der Waals surface area contributed by atoms with Gasteiger partial charge in [0.15, 0.2) is 0 Å². The summed E-state index contributed by atoms with van der Waals surface area (Å²) in [5.74, 6) is 0.885. The molecule has 0 aromatic heterocycles. The van der Waals surface area contributed by atoms with Gasteiger partial charge in [0.25, 0.3) is 0 Å². The number of esters is 1. The molecule has 2 fully saturated rings. The van der Waals surface area contributed by atoms with Crippen molar-refractivity contribution in [3.8, 4) is 0 Å². The second-order valence-corrected chi connectivity index (χ2v) is 10.4.